The number of nitrogens with zero attached hydrogens (tertiary/aromatic N) is 4. The number of pyridine rings is 1. The Bertz CT molecular complexity index is 3690. The first-order valence-corrected chi connectivity index (χ1v) is 28.5. The Morgan fingerprint density at radius 3 is 1.71 bits per heavy atom. The molecule has 0 N–H and O–H groups in total. The van der Waals surface area contributed by atoms with E-state index in [1.165, 1.54) is 77.7 Å². The molecule has 0 amide bonds. The molecule has 398 valence electrons. The zero-order chi connectivity index (χ0) is 52.9. The average molecular weight is 1200 g/mol. The van der Waals surface area contributed by atoms with Crippen LogP contribution in [0.15, 0.2) is 176 Å². The van der Waals surface area contributed by atoms with Crippen molar-refractivity contribution in [1.82, 2.24) is 9.55 Å². The largest absolute Gasteiger partial charge is 0.509 e. The number of hydrogen-bond donors (Lipinski definition) is 0. The molecule has 4 aliphatic carbocycles. The maximum atomic E-state index is 6.87. The predicted octanol–water partition coefficient (Wildman–Crippen LogP) is 18.5. The zero-order valence-corrected chi connectivity index (χ0v) is 49.0. The molecule has 1 aliphatic heterocycles. The van der Waals surface area contributed by atoms with Gasteiger partial charge in [0.15, 0.2) is 0 Å². The molecule has 4 bridgehead atoms. The van der Waals surface area contributed by atoms with E-state index in [2.05, 4.69) is 253 Å². The van der Waals surface area contributed by atoms with Gasteiger partial charge in [0.05, 0.1) is 0 Å². The van der Waals surface area contributed by atoms with E-state index < -0.39 is 0 Å². The minimum atomic E-state index is -0.223. The summed E-state index contributed by atoms with van der Waals surface area (Å²) in [5.41, 5.74) is 13.5. The van der Waals surface area contributed by atoms with Crippen LogP contribution in [0.4, 0.5) is 22.7 Å². The number of para-hydroxylation sites is 4. The van der Waals surface area contributed by atoms with Crippen molar-refractivity contribution in [2.75, 3.05) is 9.80 Å². The molecule has 6 heteroatoms. The molecule has 4 fully saturated rings. The number of fused-ring (bicyclic) bond motifs is 8. The second-order valence-electron chi connectivity index (χ2n) is 26.0. The predicted molar refractivity (Wildman–Crippen MR) is 316 cm³/mol. The van der Waals surface area contributed by atoms with Crippen molar-refractivity contribution >= 4 is 44.6 Å². The van der Waals surface area contributed by atoms with Crippen molar-refractivity contribution in [1.29, 1.82) is 0 Å². The van der Waals surface area contributed by atoms with Crippen LogP contribution in [-0.4, -0.2) is 9.55 Å². The van der Waals surface area contributed by atoms with E-state index in [-0.39, 0.29) is 59.0 Å². The van der Waals surface area contributed by atoms with Crippen molar-refractivity contribution in [3.63, 3.8) is 0 Å². The normalized spacial score (nSPS) is 26.4. The Balaban J connectivity index is 0.00000579. The van der Waals surface area contributed by atoms with Crippen LogP contribution in [0.2, 0.25) is 0 Å². The van der Waals surface area contributed by atoms with Gasteiger partial charge in [-0.05, 0) is 128 Å². The third-order valence-corrected chi connectivity index (χ3v) is 21.6. The third kappa shape index (κ3) is 6.61. The van der Waals surface area contributed by atoms with Crippen molar-refractivity contribution in [3.05, 3.63) is 223 Å². The van der Waals surface area contributed by atoms with Gasteiger partial charge in [-0.25, -0.2) is 4.98 Å². The van der Waals surface area contributed by atoms with Crippen LogP contribution >= 0.6 is 0 Å². The molecular formula is C72H71N4OPt-3. The topological polar surface area (TPSA) is 33.5 Å². The Morgan fingerprint density at radius 2 is 1.12 bits per heavy atom. The third-order valence-electron chi connectivity index (χ3n) is 21.6. The molecule has 5 nitrogen and oxygen atoms in total. The van der Waals surface area contributed by atoms with Crippen molar-refractivity contribution in [2.24, 2.45) is 33.5 Å². The summed E-state index contributed by atoms with van der Waals surface area (Å²) in [6.45, 7) is 24.7. The Kier molecular flexibility index (Phi) is 11.6. The second kappa shape index (κ2) is 17.8. The molecule has 5 aliphatic rings. The smallest absolute Gasteiger partial charge is 0.135 e. The minimum absolute atomic E-state index is 0. The molecule has 6 unspecified atom stereocenters. The molecular weight excluding hydrogens is 1130 g/mol. The molecule has 9 aromatic rings. The van der Waals surface area contributed by atoms with Gasteiger partial charge < -0.3 is 19.1 Å². The molecule has 6 atom stereocenters. The van der Waals surface area contributed by atoms with Crippen LogP contribution in [0.25, 0.3) is 27.6 Å². The van der Waals surface area contributed by atoms with Crippen molar-refractivity contribution < 1.29 is 25.8 Å². The van der Waals surface area contributed by atoms with Crippen LogP contribution in [0.3, 0.4) is 0 Å². The zero-order valence-electron chi connectivity index (χ0n) is 46.7. The van der Waals surface area contributed by atoms with Crippen LogP contribution in [0.1, 0.15) is 129 Å². The Labute approximate surface area is 477 Å². The second-order valence-corrected chi connectivity index (χ2v) is 26.0. The molecule has 2 aromatic heterocycles. The van der Waals surface area contributed by atoms with E-state index in [0.717, 1.165) is 39.0 Å². The Morgan fingerprint density at radius 1 is 0.564 bits per heavy atom. The van der Waals surface area contributed by atoms with E-state index in [1.54, 1.807) is 0 Å². The number of anilines is 4. The van der Waals surface area contributed by atoms with E-state index in [1.807, 2.05) is 18.3 Å². The molecule has 14 rings (SSSR count). The first-order chi connectivity index (χ1) is 37.1. The summed E-state index contributed by atoms with van der Waals surface area (Å²) in [4.78, 5) is 9.90. The maximum absolute atomic E-state index is 6.87. The molecule has 3 heterocycles. The maximum Gasteiger partial charge on any atom is 0.135 e. The fraction of sp³-hybridized carbons (Fsp3) is 0.333. The SMILES string of the molecule is CC(C)(C)c1ccnc(-n2c3[c-]c(Oc4[c-]c(N5[CH-]N(c6c(C7(c8ccccc8)C8CCCC7(C)C8(C)C)cccc6C6(c7ccccc7)C7CCCC6(C)C7(C)C)c6ccccc65)ccc4)ccc3c3ccccc32)c1.[Pt]. The van der Waals surface area contributed by atoms with Crippen LogP contribution in [0, 0.1) is 52.3 Å². The molecule has 4 saturated carbocycles. The van der Waals surface area contributed by atoms with Gasteiger partial charge in [0, 0.05) is 72.2 Å². The van der Waals surface area contributed by atoms with E-state index in [4.69, 9.17) is 9.72 Å². The van der Waals surface area contributed by atoms with Gasteiger partial charge in [0.2, 0.25) is 0 Å². The van der Waals surface area contributed by atoms with Crippen molar-refractivity contribution in [3.8, 4) is 17.3 Å². The summed E-state index contributed by atoms with van der Waals surface area (Å²) >= 11 is 0. The van der Waals surface area contributed by atoms with Gasteiger partial charge in [-0.2, -0.15) is 12.1 Å². The van der Waals surface area contributed by atoms with Gasteiger partial charge >= 0.3 is 0 Å². The molecule has 0 saturated heterocycles. The van der Waals surface area contributed by atoms with Crippen LogP contribution in [0.5, 0.6) is 11.5 Å². The molecule has 0 radical (unpaired) electrons. The summed E-state index contributed by atoms with van der Waals surface area (Å²) in [7, 11) is 0. The van der Waals surface area contributed by atoms with Crippen LogP contribution < -0.4 is 14.5 Å². The summed E-state index contributed by atoms with van der Waals surface area (Å²) in [5, 5.41) is 2.26. The number of hydrogen-bond acceptors (Lipinski definition) is 4. The molecule has 7 aromatic carbocycles. The van der Waals surface area contributed by atoms with Crippen molar-refractivity contribution in [2.45, 2.75) is 117 Å². The molecule has 0 spiro atoms. The quantitative estimate of drug-likeness (QED) is 0.135. The number of aromatic nitrogens is 2. The number of benzene rings is 7. The summed E-state index contributed by atoms with van der Waals surface area (Å²) < 4.78 is 9.09. The monoisotopic (exact) mass is 1200 g/mol. The first-order valence-electron chi connectivity index (χ1n) is 28.5. The standard InChI is InChI=1S/C72H71N4O.Pt/c1-66(2,3)50-40-43-73-64(44-50)76-58-33-17-16-30-54(58)55-39-38-53(46-61(55)76)77-52-29-20-28-51(45-52)74-47-75(60-35-19-18-34-59(60)74)65-56(71(48-24-12-10-13-25-48)62-36-22-41-69(71,8)67(62,4)5)31-21-32-57(65)72(49-26-14-11-15-27-49)63-37-23-42-70(72,9)68(63,6)7;/h10-21,24-35,38-40,43-44,47,62-63H,22-23,36-37,41-42H2,1-9H3;/q-3;. The fourth-order valence-corrected chi connectivity index (χ4v) is 17.6. The van der Waals surface area contributed by atoms with E-state index in [0.29, 0.717) is 23.3 Å². The fourth-order valence-electron chi connectivity index (χ4n) is 17.6. The Hall–Kier alpha value is -6.42. The van der Waals surface area contributed by atoms with Gasteiger partial charge in [-0.3, -0.25) is 0 Å². The van der Waals surface area contributed by atoms with Gasteiger partial charge in [-0.15, -0.1) is 48.1 Å². The van der Waals surface area contributed by atoms with Crippen LogP contribution in [-0.2, 0) is 37.3 Å². The van der Waals surface area contributed by atoms with E-state index in [9.17, 15) is 0 Å². The molecule has 78 heavy (non-hydrogen) atoms. The summed E-state index contributed by atoms with van der Waals surface area (Å²) in [6, 6.07) is 70.9. The minimum Gasteiger partial charge on any atom is -0.509 e. The number of ether oxygens (including phenoxy) is 1. The van der Waals surface area contributed by atoms with Gasteiger partial charge in [0.1, 0.15) is 5.82 Å². The van der Waals surface area contributed by atoms with E-state index >= 15 is 0 Å². The van der Waals surface area contributed by atoms with Gasteiger partial charge in [0.25, 0.3) is 0 Å². The summed E-state index contributed by atoms with van der Waals surface area (Å²) in [5.74, 6) is 3.03. The first kappa shape index (κ1) is 51.0. The van der Waals surface area contributed by atoms with Gasteiger partial charge in [-0.1, -0.05) is 190 Å². The average Bonchev–Trinajstić information content (AvgIpc) is 1.57. The summed E-state index contributed by atoms with van der Waals surface area (Å²) in [6.07, 6.45) is 9.24. The number of rotatable bonds is 9.